The average molecular weight is 384 g/mol. The maximum atomic E-state index is 4.56. The quantitative estimate of drug-likeness (QED) is 0.663. The summed E-state index contributed by atoms with van der Waals surface area (Å²) in [6.07, 6.45) is 3.54. The Hall–Kier alpha value is -2.47. The number of rotatable bonds is 5. The van der Waals surface area contributed by atoms with E-state index in [0.29, 0.717) is 5.95 Å². The number of nitrogens with zero attached hydrogens (tertiary/aromatic N) is 3. The minimum atomic E-state index is 0.588. The first-order valence-electron chi connectivity index (χ1n) is 7.72. The van der Waals surface area contributed by atoms with Gasteiger partial charge in [-0.15, -0.1) is 0 Å². The van der Waals surface area contributed by atoms with E-state index < -0.39 is 0 Å². The molecule has 122 valence electrons. The predicted molar refractivity (Wildman–Crippen MR) is 102 cm³/mol. The molecular formula is C18H18BrN5. The van der Waals surface area contributed by atoms with Crippen molar-refractivity contribution in [2.45, 2.75) is 13.8 Å². The maximum Gasteiger partial charge on any atom is 0.225 e. The fourth-order valence-electron chi connectivity index (χ4n) is 2.27. The molecule has 0 unspecified atom stereocenters. The molecule has 3 aromatic rings. The fraction of sp³-hybridized carbons (Fsp3) is 0.167. The van der Waals surface area contributed by atoms with Crippen molar-refractivity contribution in [3.63, 3.8) is 0 Å². The molecule has 0 aliphatic carbocycles. The molecule has 0 atom stereocenters. The zero-order chi connectivity index (χ0) is 16.9. The molecule has 0 saturated carbocycles. The molecule has 0 fully saturated rings. The van der Waals surface area contributed by atoms with Gasteiger partial charge in [-0.1, -0.05) is 6.07 Å². The molecule has 5 nitrogen and oxygen atoms in total. The van der Waals surface area contributed by atoms with E-state index in [2.05, 4.69) is 60.6 Å². The van der Waals surface area contributed by atoms with Gasteiger partial charge in [0.2, 0.25) is 5.95 Å². The van der Waals surface area contributed by atoms with E-state index in [1.54, 1.807) is 12.4 Å². The van der Waals surface area contributed by atoms with Crippen LogP contribution in [0.1, 0.15) is 12.5 Å². The summed E-state index contributed by atoms with van der Waals surface area (Å²) in [4.78, 5) is 13.3. The topological polar surface area (TPSA) is 62.7 Å². The van der Waals surface area contributed by atoms with Crippen LogP contribution >= 0.6 is 15.9 Å². The number of aromatic nitrogens is 3. The molecule has 0 radical (unpaired) electrons. The van der Waals surface area contributed by atoms with Gasteiger partial charge < -0.3 is 10.6 Å². The van der Waals surface area contributed by atoms with Crippen molar-refractivity contribution in [3.05, 3.63) is 58.8 Å². The van der Waals surface area contributed by atoms with Gasteiger partial charge in [-0.3, -0.25) is 4.98 Å². The van der Waals surface area contributed by atoms with Crippen LogP contribution in [0.2, 0.25) is 0 Å². The van der Waals surface area contributed by atoms with Crippen LogP contribution in [0, 0.1) is 6.92 Å². The maximum absolute atomic E-state index is 4.56. The lowest BCUT2D eigenvalue weighted by Gasteiger charge is -2.12. The lowest BCUT2D eigenvalue weighted by Crippen LogP contribution is -2.05. The van der Waals surface area contributed by atoms with Crippen molar-refractivity contribution in [1.29, 1.82) is 0 Å². The molecule has 2 heterocycles. The van der Waals surface area contributed by atoms with Gasteiger partial charge >= 0.3 is 0 Å². The first-order chi connectivity index (χ1) is 11.7. The highest BCUT2D eigenvalue weighted by atomic mass is 79.9. The minimum Gasteiger partial charge on any atom is -0.354 e. The molecular weight excluding hydrogens is 366 g/mol. The van der Waals surface area contributed by atoms with Gasteiger partial charge in [0.05, 0.1) is 11.4 Å². The Bertz CT molecular complexity index is 836. The SMILES string of the molecule is CCNc1nc(Nc2ccc(C)cc2Br)cc(-c2cccnc2)n1. The Balaban J connectivity index is 1.99. The van der Waals surface area contributed by atoms with Gasteiger partial charge in [0.15, 0.2) is 0 Å². The normalized spacial score (nSPS) is 10.5. The summed E-state index contributed by atoms with van der Waals surface area (Å²) in [5.74, 6) is 1.31. The van der Waals surface area contributed by atoms with E-state index in [0.717, 1.165) is 33.8 Å². The zero-order valence-electron chi connectivity index (χ0n) is 13.5. The Morgan fingerprint density at radius 2 is 2.00 bits per heavy atom. The third kappa shape index (κ3) is 3.89. The van der Waals surface area contributed by atoms with E-state index in [9.17, 15) is 0 Å². The highest BCUT2D eigenvalue weighted by Crippen LogP contribution is 2.28. The van der Waals surface area contributed by atoms with Gasteiger partial charge in [-0.05, 0) is 59.6 Å². The van der Waals surface area contributed by atoms with Gasteiger partial charge in [0.25, 0.3) is 0 Å². The fourth-order valence-corrected chi connectivity index (χ4v) is 2.86. The van der Waals surface area contributed by atoms with Gasteiger partial charge in [0, 0.05) is 35.0 Å². The van der Waals surface area contributed by atoms with E-state index in [1.165, 1.54) is 5.56 Å². The van der Waals surface area contributed by atoms with Crippen molar-refractivity contribution < 1.29 is 0 Å². The monoisotopic (exact) mass is 383 g/mol. The summed E-state index contributed by atoms with van der Waals surface area (Å²) < 4.78 is 0.994. The number of hydrogen-bond acceptors (Lipinski definition) is 5. The van der Waals surface area contributed by atoms with Crippen LogP contribution in [0.5, 0.6) is 0 Å². The van der Waals surface area contributed by atoms with Crippen LogP contribution in [0.4, 0.5) is 17.5 Å². The molecule has 0 bridgehead atoms. The second-order valence-corrected chi connectivity index (χ2v) is 6.20. The zero-order valence-corrected chi connectivity index (χ0v) is 15.1. The number of aryl methyl sites for hydroxylation is 1. The molecule has 6 heteroatoms. The Labute approximate surface area is 149 Å². The Morgan fingerprint density at radius 1 is 1.12 bits per heavy atom. The summed E-state index contributed by atoms with van der Waals surface area (Å²) in [5.41, 5.74) is 3.92. The highest BCUT2D eigenvalue weighted by molar-refractivity contribution is 9.10. The molecule has 0 saturated heterocycles. The van der Waals surface area contributed by atoms with Crippen LogP contribution < -0.4 is 10.6 Å². The number of benzene rings is 1. The number of anilines is 3. The third-order valence-electron chi connectivity index (χ3n) is 3.41. The number of nitrogens with one attached hydrogen (secondary N) is 2. The number of hydrogen-bond donors (Lipinski definition) is 2. The van der Waals surface area contributed by atoms with Crippen molar-refractivity contribution >= 4 is 33.4 Å². The first-order valence-corrected chi connectivity index (χ1v) is 8.51. The Morgan fingerprint density at radius 3 is 2.71 bits per heavy atom. The van der Waals surface area contributed by atoms with Crippen molar-refractivity contribution in [2.75, 3.05) is 17.2 Å². The third-order valence-corrected chi connectivity index (χ3v) is 4.06. The van der Waals surface area contributed by atoms with E-state index in [1.807, 2.05) is 31.2 Å². The molecule has 1 aromatic carbocycles. The highest BCUT2D eigenvalue weighted by Gasteiger charge is 2.08. The van der Waals surface area contributed by atoms with Crippen LogP contribution in [0.25, 0.3) is 11.3 Å². The summed E-state index contributed by atoms with van der Waals surface area (Å²) in [6.45, 7) is 4.83. The first kappa shape index (κ1) is 16.4. The van der Waals surface area contributed by atoms with Crippen LogP contribution in [0.15, 0.2) is 53.3 Å². The molecule has 0 aliphatic rings. The standard InChI is InChI=1S/C18H18BrN5/c1-3-21-18-23-16(13-5-4-8-20-11-13)10-17(24-18)22-15-7-6-12(2)9-14(15)19/h4-11H,3H2,1-2H3,(H2,21,22,23,24). The van der Waals surface area contributed by atoms with Crippen molar-refractivity contribution in [1.82, 2.24) is 15.0 Å². The van der Waals surface area contributed by atoms with E-state index in [4.69, 9.17) is 0 Å². The summed E-state index contributed by atoms with van der Waals surface area (Å²) in [5, 5.41) is 6.52. The van der Waals surface area contributed by atoms with Crippen LogP contribution in [0.3, 0.4) is 0 Å². The van der Waals surface area contributed by atoms with Crippen LogP contribution in [-0.2, 0) is 0 Å². The van der Waals surface area contributed by atoms with E-state index in [-0.39, 0.29) is 0 Å². The van der Waals surface area contributed by atoms with Gasteiger partial charge in [-0.2, -0.15) is 4.98 Å². The molecule has 0 spiro atoms. The lowest BCUT2D eigenvalue weighted by atomic mass is 10.2. The molecule has 24 heavy (non-hydrogen) atoms. The summed E-state index contributed by atoms with van der Waals surface area (Å²) >= 11 is 3.59. The summed E-state index contributed by atoms with van der Waals surface area (Å²) in [6, 6.07) is 11.9. The molecule has 2 N–H and O–H groups in total. The average Bonchev–Trinajstić information content (AvgIpc) is 2.58. The van der Waals surface area contributed by atoms with Gasteiger partial charge in [-0.25, -0.2) is 4.98 Å². The minimum absolute atomic E-state index is 0.588. The number of pyridine rings is 1. The molecule has 0 amide bonds. The molecule has 3 rings (SSSR count). The molecule has 0 aliphatic heterocycles. The second kappa shape index (κ2) is 7.40. The summed E-state index contributed by atoms with van der Waals surface area (Å²) in [7, 11) is 0. The van der Waals surface area contributed by atoms with Gasteiger partial charge in [0.1, 0.15) is 5.82 Å². The molecule has 2 aromatic heterocycles. The largest absolute Gasteiger partial charge is 0.354 e. The predicted octanol–water partition coefficient (Wildman–Crippen LogP) is 4.78. The Kier molecular flexibility index (Phi) is 5.05. The smallest absolute Gasteiger partial charge is 0.225 e. The van der Waals surface area contributed by atoms with E-state index >= 15 is 0 Å². The lowest BCUT2D eigenvalue weighted by molar-refractivity contribution is 1.09. The second-order valence-electron chi connectivity index (χ2n) is 5.34. The number of halogens is 1. The van der Waals surface area contributed by atoms with Crippen molar-refractivity contribution in [3.8, 4) is 11.3 Å². The van der Waals surface area contributed by atoms with Crippen LogP contribution in [-0.4, -0.2) is 21.5 Å². The van der Waals surface area contributed by atoms with Crippen molar-refractivity contribution in [2.24, 2.45) is 0 Å².